The second-order valence-corrected chi connectivity index (χ2v) is 5.30. The van der Waals surface area contributed by atoms with Crippen LogP contribution < -0.4 is 10.6 Å². The lowest BCUT2D eigenvalue weighted by atomic mass is 10.1. The Morgan fingerprint density at radius 1 is 1.19 bits per heavy atom. The quantitative estimate of drug-likeness (QED) is 0.652. The molecule has 0 bridgehead atoms. The van der Waals surface area contributed by atoms with Crippen molar-refractivity contribution in [2.75, 3.05) is 30.3 Å². The molecule has 2 aromatic rings. The average Bonchev–Trinajstić information content (AvgIpc) is 2.51. The van der Waals surface area contributed by atoms with Crippen LogP contribution in [-0.2, 0) is 0 Å². The molecule has 0 saturated carbocycles. The molecule has 0 aliphatic rings. The molecule has 1 atom stereocenters. The van der Waals surface area contributed by atoms with Gasteiger partial charge in [0.2, 0.25) is 5.95 Å². The lowest BCUT2D eigenvalue weighted by molar-refractivity contribution is 0.229. The number of rotatable bonds is 8. The fraction of sp³-hybridized carbons (Fsp3) is 0.500. The van der Waals surface area contributed by atoms with E-state index >= 15 is 0 Å². The van der Waals surface area contributed by atoms with Crippen LogP contribution >= 0.6 is 0 Å². The minimum atomic E-state index is 0.251. The van der Waals surface area contributed by atoms with Crippen LogP contribution in [-0.4, -0.2) is 34.8 Å². The number of benzene rings is 1. The Labute approximate surface area is 125 Å². The molecule has 0 fully saturated rings. The van der Waals surface area contributed by atoms with Crippen LogP contribution in [0.3, 0.4) is 0 Å². The number of para-hydroxylation sites is 1. The summed E-state index contributed by atoms with van der Waals surface area (Å²) >= 11 is 0. The van der Waals surface area contributed by atoms with Crippen molar-refractivity contribution in [2.45, 2.75) is 26.7 Å². The molecule has 5 heteroatoms. The Kier molecular flexibility index (Phi) is 5.75. The highest BCUT2D eigenvalue weighted by atomic mass is 16.3. The summed E-state index contributed by atoms with van der Waals surface area (Å²) in [5.41, 5.74) is 0.940. The smallest absolute Gasteiger partial charge is 0.225 e. The van der Waals surface area contributed by atoms with Crippen LogP contribution in [0.15, 0.2) is 24.3 Å². The van der Waals surface area contributed by atoms with E-state index in [1.807, 2.05) is 31.2 Å². The van der Waals surface area contributed by atoms with Gasteiger partial charge in [-0.25, -0.2) is 4.98 Å². The van der Waals surface area contributed by atoms with Gasteiger partial charge in [0.25, 0.3) is 0 Å². The van der Waals surface area contributed by atoms with E-state index in [2.05, 4.69) is 27.5 Å². The molecular formula is C16H24N4O. The summed E-state index contributed by atoms with van der Waals surface area (Å²) in [6.45, 7) is 5.98. The van der Waals surface area contributed by atoms with E-state index in [1.165, 1.54) is 0 Å². The summed E-state index contributed by atoms with van der Waals surface area (Å²) in [6, 6.07) is 8.01. The standard InChI is InChI=1S/C16H24N4O/c1-3-17-16-19-14-9-5-4-8-13(14)15(20-16)18-10-6-7-12(2)11-21/h4-5,8-9,12,21H,3,6-7,10-11H2,1-2H3,(H2,17,18,19,20). The van der Waals surface area contributed by atoms with E-state index < -0.39 is 0 Å². The Bertz CT molecular complexity index is 573. The molecule has 0 radical (unpaired) electrons. The van der Waals surface area contributed by atoms with Crippen molar-refractivity contribution < 1.29 is 5.11 Å². The molecule has 3 N–H and O–H groups in total. The first-order valence-electron chi connectivity index (χ1n) is 7.60. The summed E-state index contributed by atoms with van der Waals surface area (Å²) < 4.78 is 0. The molecule has 21 heavy (non-hydrogen) atoms. The first kappa shape index (κ1) is 15.5. The van der Waals surface area contributed by atoms with Gasteiger partial charge in [0.1, 0.15) is 5.82 Å². The minimum Gasteiger partial charge on any atom is -0.396 e. The second kappa shape index (κ2) is 7.78. The van der Waals surface area contributed by atoms with Gasteiger partial charge in [-0.2, -0.15) is 4.98 Å². The molecule has 0 amide bonds. The van der Waals surface area contributed by atoms with Gasteiger partial charge in [0.15, 0.2) is 0 Å². The topological polar surface area (TPSA) is 70.1 Å². The van der Waals surface area contributed by atoms with Crippen molar-refractivity contribution in [2.24, 2.45) is 5.92 Å². The van der Waals surface area contributed by atoms with Crippen LogP contribution in [0.1, 0.15) is 26.7 Å². The molecule has 0 saturated heterocycles. The highest BCUT2D eigenvalue weighted by Gasteiger charge is 2.07. The first-order chi connectivity index (χ1) is 10.2. The monoisotopic (exact) mass is 288 g/mol. The maximum absolute atomic E-state index is 9.04. The summed E-state index contributed by atoms with van der Waals surface area (Å²) in [5.74, 6) is 1.88. The van der Waals surface area contributed by atoms with Crippen LogP contribution in [0.5, 0.6) is 0 Å². The SMILES string of the molecule is CCNc1nc(NCCCC(C)CO)c2ccccc2n1. The van der Waals surface area contributed by atoms with Crippen molar-refractivity contribution in [1.29, 1.82) is 0 Å². The highest BCUT2D eigenvalue weighted by Crippen LogP contribution is 2.21. The lowest BCUT2D eigenvalue weighted by Crippen LogP contribution is -2.10. The third-order valence-electron chi connectivity index (χ3n) is 3.42. The predicted octanol–water partition coefficient (Wildman–Crippen LogP) is 2.88. The number of hydrogen-bond acceptors (Lipinski definition) is 5. The molecule has 0 spiro atoms. The van der Waals surface area contributed by atoms with Gasteiger partial charge in [-0.05, 0) is 37.8 Å². The van der Waals surface area contributed by atoms with E-state index in [0.717, 1.165) is 42.7 Å². The zero-order valence-corrected chi connectivity index (χ0v) is 12.8. The van der Waals surface area contributed by atoms with E-state index in [1.54, 1.807) is 0 Å². The largest absolute Gasteiger partial charge is 0.396 e. The Balaban J connectivity index is 2.09. The van der Waals surface area contributed by atoms with Gasteiger partial charge in [0, 0.05) is 25.1 Å². The van der Waals surface area contributed by atoms with E-state index in [0.29, 0.717) is 11.9 Å². The Morgan fingerprint density at radius 2 is 2.00 bits per heavy atom. The maximum atomic E-state index is 9.04. The molecule has 0 aliphatic carbocycles. The summed E-state index contributed by atoms with van der Waals surface area (Å²) in [4.78, 5) is 9.04. The summed E-state index contributed by atoms with van der Waals surface area (Å²) in [7, 11) is 0. The molecule has 114 valence electrons. The number of aliphatic hydroxyl groups is 1. The highest BCUT2D eigenvalue weighted by molar-refractivity contribution is 5.89. The lowest BCUT2D eigenvalue weighted by Gasteiger charge is -2.12. The average molecular weight is 288 g/mol. The van der Waals surface area contributed by atoms with Crippen molar-refractivity contribution >= 4 is 22.7 Å². The predicted molar refractivity (Wildman–Crippen MR) is 87.7 cm³/mol. The minimum absolute atomic E-state index is 0.251. The third kappa shape index (κ3) is 4.29. The Hall–Kier alpha value is -1.88. The maximum Gasteiger partial charge on any atom is 0.225 e. The number of nitrogens with zero attached hydrogens (tertiary/aromatic N) is 2. The molecule has 1 heterocycles. The Morgan fingerprint density at radius 3 is 2.76 bits per heavy atom. The van der Waals surface area contributed by atoms with Crippen LogP contribution in [0.25, 0.3) is 10.9 Å². The van der Waals surface area contributed by atoms with Crippen LogP contribution in [0.4, 0.5) is 11.8 Å². The number of aliphatic hydroxyl groups excluding tert-OH is 1. The van der Waals surface area contributed by atoms with Gasteiger partial charge in [-0.3, -0.25) is 0 Å². The van der Waals surface area contributed by atoms with Crippen molar-refractivity contribution in [1.82, 2.24) is 9.97 Å². The number of nitrogens with one attached hydrogen (secondary N) is 2. The molecule has 5 nitrogen and oxygen atoms in total. The molecular weight excluding hydrogens is 264 g/mol. The summed E-state index contributed by atoms with van der Waals surface area (Å²) in [5, 5.41) is 16.6. The molecule has 1 aromatic heterocycles. The van der Waals surface area contributed by atoms with Gasteiger partial charge in [-0.1, -0.05) is 19.1 Å². The van der Waals surface area contributed by atoms with Gasteiger partial charge in [-0.15, -0.1) is 0 Å². The van der Waals surface area contributed by atoms with Crippen LogP contribution in [0.2, 0.25) is 0 Å². The zero-order chi connectivity index (χ0) is 15.1. The van der Waals surface area contributed by atoms with Crippen molar-refractivity contribution in [3.05, 3.63) is 24.3 Å². The zero-order valence-electron chi connectivity index (χ0n) is 12.8. The van der Waals surface area contributed by atoms with Crippen molar-refractivity contribution in [3.63, 3.8) is 0 Å². The fourth-order valence-electron chi connectivity index (χ4n) is 2.20. The number of hydrogen-bond donors (Lipinski definition) is 3. The van der Waals surface area contributed by atoms with E-state index in [4.69, 9.17) is 5.11 Å². The second-order valence-electron chi connectivity index (χ2n) is 5.30. The van der Waals surface area contributed by atoms with Gasteiger partial charge < -0.3 is 15.7 Å². The molecule has 1 aromatic carbocycles. The molecule has 0 aliphatic heterocycles. The van der Waals surface area contributed by atoms with E-state index in [-0.39, 0.29) is 6.61 Å². The number of anilines is 2. The van der Waals surface area contributed by atoms with Gasteiger partial charge >= 0.3 is 0 Å². The number of fused-ring (bicyclic) bond motifs is 1. The molecule has 2 rings (SSSR count). The van der Waals surface area contributed by atoms with E-state index in [9.17, 15) is 0 Å². The summed E-state index contributed by atoms with van der Waals surface area (Å²) in [6.07, 6.45) is 2.02. The van der Waals surface area contributed by atoms with Crippen LogP contribution in [0, 0.1) is 5.92 Å². The first-order valence-corrected chi connectivity index (χ1v) is 7.60. The number of aromatic nitrogens is 2. The van der Waals surface area contributed by atoms with Gasteiger partial charge in [0.05, 0.1) is 5.52 Å². The van der Waals surface area contributed by atoms with Crippen molar-refractivity contribution in [3.8, 4) is 0 Å². The normalized spacial score (nSPS) is 12.3. The molecule has 1 unspecified atom stereocenters. The fourth-order valence-corrected chi connectivity index (χ4v) is 2.20. The third-order valence-corrected chi connectivity index (χ3v) is 3.42.